The molecule has 4 aromatic rings. The molecule has 0 atom stereocenters. The summed E-state index contributed by atoms with van der Waals surface area (Å²) in [6.45, 7) is 6.84. The first-order chi connectivity index (χ1) is 17.0. The van der Waals surface area contributed by atoms with Gasteiger partial charge < -0.3 is 24.9 Å². The van der Waals surface area contributed by atoms with Crippen LogP contribution in [0.5, 0.6) is 17.2 Å². The fourth-order valence-electron chi connectivity index (χ4n) is 3.77. The summed E-state index contributed by atoms with van der Waals surface area (Å²) in [4.78, 5) is 27.1. The van der Waals surface area contributed by atoms with E-state index in [4.69, 9.17) is 9.47 Å². The third kappa shape index (κ3) is 5.33. The smallest absolute Gasteiger partial charge is 0.347 e. The van der Waals surface area contributed by atoms with Crippen molar-refractivity contribution in [3.05, 3.63) is 88.9 Å². The number of carboxylic acid groups (broad SMARTS) is 1. The van der Waals surface area contributed by atoms with E-state index in [0.717, 1.165) is 11.1 Å². The fourth-order valence-corrected chi connectivity index (χ4v) is 3.77. The number of aryl methyl sites for hydroxylation is 2. The first-order valence-electron chi connectivity index (χ1n) is 11.4. The maximum Gasteiger partial charge on any atom is 0.347 e. The lowest BCUT2D eigenvalue weighted by Gasteiger charge is -2.23. The number of H-pyrrole nitrogens is 1. The molecule has 0 spiro atoms. The fraction of sp³-hybridized carbons (Fsp3) is 0.214. The van der Waals surface area contributed by atoms with E-state index >= 15 is 0 Å². The Morgan fingerprint density at radius 1 is 1.03 bits per heavy atom. The van der Waals surface area contributed by atoms with Gasteiger partial charge >= 0.3 is 5.97 Å². The van der Waals surface area contributed by atoms with Gasteiger partial charge in [0.25, 0.3) is 5.91 Å². The zero-order valence-electron chi connectivity index (χ0n) is 20.4. The number of hydrogen-bond donors (Lipinski definition) is 3. The predicted octanol–water partition coefficient (Wildman–Crippen LogP) is 5.89. The van der Waals surface area contributed by atoms with Gasteiger partial charge in [0.05, 0.1) is 0 Å². The molecule has 0 radical (unpaired) electrons. The molecule has 7 nitrogen and oxygen atoms in total. The summed E-state index contributed by atoms with van der Waals surface area (Å²) in [5.41, 5.74) is 2.00. The van der Waals surface area contributed by atoms with Gasteiger partial charge in [-0.15, -0.1) is 0 Å². The summed E-state index contributed by atoms with van der Waals surface area (Å²) >= 11 is 0. The number of benzene rings is 3. The Kier molecular flexibility index (Phi) is 6.70. The highest BCUT2D eigenvalue weighted by atomic mass is 19.1. The van der Waals surface area contributed by atoms with Gasteiger partial charge in [-0.1, -0.05) is 12.1 Å². The van der Waals surface area contributed by atoms with Crippen LogP contribution in [-0.2, 0) is 11.3 Å². The molecule has 3 N–H and O–H groups in total. The number of rotatable bonds is 8. The highest BCUT2D eigenvalue weighted by Crippen LogP contribution is 2.30. The molecule has 4 rings (SSSR count). The second-order valence-electron chi connectivity index (χ2n) is 9.09. The molecular formula is C28H27FN2O5. The molecule has 0 aliphatic heterocycles. The van der Waals surface area contributed by atoms with Gasteiger partial charge in [-0.25, -0.2) is 9.18 Å². The van der Waals surface area contributed by atoms with E-state index in [1.807, 2.05) is 25.1 Å². The molecule has 186 valence electrons. The number of fused-ring (bicyclic) bond motifs is 1. The number of aromatic amines is 1. The Balaban J connectivity index is 1.42. The Bertz CT molecular complexity index is 1460. The number of halogens is 1. The van der Waals surface area contributed by atoms with Crippen LogP contribution in [0.4, 0.5) is 4.39 Å². The standard InChI is InChI=1S/C28H27FN2O5/c1-16-12-21(9-11-24(16)36-28(3,4)27(33)34)35-20-7-5-6-18(13-20)15-30-26(32)25-17(2)22-14-19(29)8-10-23(22)31-25/h5-14,31H,15H2,1-4H3,(H,30,32)(H,33,34). The van der Waals surface area contributed by atoms with Crippen molar-refractivity contribution < 1.29 is 28.6 Å². The van der Waals surface area contributed by atoms with Crippen LogP contribution in [-0.4, -0.2) is 27.6 Å². The van der Waals surface area contributed by atoms with Crippen LogP contribution in [0.15, 0.2) is 60.7 Å². The number of nitrogens with one attached hydrogen (secondary N) is 2. The molecule has 8 heteroatoms. The van der Waals surface area contributed by atoms with Gasteiger partial charge in [0.1, 0.15) is 28.8 Å². The Morgan fingerprint density at radius 2 is 1.78 bits per heavy atom. The average molecular weight is 491 g/mol. The van der Waals surface area contributed by atoms with Crippen molar-refractivity contribution >= 4 is 22.8 Å². The van der Waals surface area contributed by atoms with Crippen molar-refractivity contribution in [2.75, 3.05) is 0 Å². The van der Waals surface area contributed by atoms with Crippen LogP contribution < -0.4 is 14.8 Å². The number of carbonyl (C=O) groups is 2. The van der Waals surface area contributed by atoms with E-state index in [9.17, 15) is 19.1 Å². The van der Waals surface area contributed by atoms with Crippen molar-refractivity contribution in [2.24, 2.45) is 0 Å². The molecule has 0 aliphatic carbocycles. The number of amides is 1. The normalized spacial score (nSPS) is 11.4. The first kappa shape index (κ1) is 24.8. The van der Waals surface area contributed by atoms with Crippen molar-refractivity contribution in [1.29, 1.82) is 0 Å². The first-order valence-corrected chi connectivity index (χ1v) is 11.4. The molecule has 0 bridgehead atoms. The van der Waals surface area contributed by atoms with Crippen LogP contribution in [0.1, 0.15) is 41.0 Å². The number of carboxylic acids is 1. The molecule has 3 aromatic carbocycles. The largest absolute Gasteiger partial charge is 0.478 e. The van der Waals surface area contributed by atoms with Gasteiger partial charge in [-0.2, -0.15) is 0 Å². The van der Waals surface area contributed by atoms with Crippen molar-refractivity contribution in [2.45, 2.75) is 39.8 Å². The molecule has 0 unspecified atom stereocenters. The van der Waals surface area contributed by atoms with Crippen LogP contribution in [0, 0.1) is 19.7 Å². The van der Waals surface area contributed by atoms with Gasteiger partial charge in [-0.05, 0) is 92.9 Å². The molecule has 0 saturated heterocycles. The van der Waals surface area contributed by atoms with E-state index in [0.29, 0.717) is 39.4 Å². The number of hydrogen-bond acceptors (Lipinski definition) is 4. The highest BCUT2D eigenvalue weighted by molar-refractivity contribution is 6.00. The lowest BCUT2D eigenvalue weighted by Crippen LogP contribution is -2.38. The van der Waals surface area contributed by atoms with Gasteiger partial charge in [0.2, 0.25) is 0 Å². The summed E-state index contributed by atoms with van der Waals surface area (Å²) in [5, 5.41) is 12.8. The van der Waals surface area contributed by atoms with Crippen LogP contribution in [0.2, 0.25) is 0 Å². The molecule has 0 aliphatic rings. The van der Waals surface area contributed by atoms with E-state index < -0.39 is 11.6 Å². The second kappa shape index (κ2) is 9.73. The number of aromatic nitrogens is 1. The zero-order valence-corrected chi connectivity index (χ0v) is 20.4. The van der Waals surface area contributed by atoms with Crippen LogP contribution >= 0.6 is 0 Å². The summed E-state index contributed by atoms with van der Waals surface area (Å²) in [6.07, 6.45) is 0. The quantitative estimate of drug-likeness (QED) is 0.286. The van der Waals surface area contributed by atoms with Gasteiger partial charge in [0, 0.05) is 17.4 Å². The average Bonchev–Trinajstić information content (AvgIpc) is 3.15. The minimum Gasteiger partial charge on any atom is -0.478 e. The minimum absolute atomic E-state index is 0.273. The van der Waals surface area contributed by atoms with E-state index in [1.165, 1.54) is 26.0 Å². The van der Waals surface area contributed by atoms with Crippen molar-refractivity contribution in [3.8, 4) is 17.2 Å². The maximum absolute atomic E-state index is 13.6. The maximum atomic E-state index is 13.6. The van der Waals surface area contributed by atoms with Gasteiger partial charge in [0.15, 0.2) is 5.60 Å². The Labute approximate surface area is 207 Å². The summed E-state index contributed by atoms with van der Waals surface area (Å²) in [7, 11) is 0. The summed E-state index contributed by atoms with van der Waals surface area (Å²) < 4.78 is 25.2. The van der Waals surface area contributed by atoms with Crippen LogP contribution in [0.3, 0.4) is 0 Å². The number of aliphatic carboxylic acids is 1. The highest BCUT2D eigenvalue weighted by Gasteiger charge is 2.30. The molecule has 1 aromatic heterocycles. The molecule has 0 saturated carbocycles. The predicted molar refractivity (Wildman–Crippen MR) is 134 cm³/mol. The minimum atomic E-state index is -1.35. The monoisotopic (exact) mass is 490 g/mol. The molecule has 36 heavy (non-hydrogen) atoms. The Hall–Kier alpha value is -4.33. The Morgan fingerprint density at radius 3 is 2.50 bits per heavy atom. The topological polar surface area (TPSA) is 101 Å². The lowest BCUT2D eigenvalue weighted by atomic mass is 10.1. The molecule has 1 amide bonds. The van der Waals surface area contributed by atoms with Crippen molar-refractivity contribution in [1.82, 2.24) is 10.3 Å². The molecular weight excluding hydrogens is 463 g/mol. The third-order valence-corrected chi connectivity index (χ3v) is 5.86. The van der Waals surface area contributed by atoms with E-state index in [1.54, 1.807) is 37.3 Å². The molecule has 0 fully saturated rings. The van der Waals surface area contributed by atoms with E-state index in [2.05, 4.69) is 10.3 Å². The van der Waals surface area contributed by atoms with E-state index in [-0.39, 0.29) is 18.3 Å². The number of carbonyl (C=O) groups excluding carboxylic acids is 1. The zero-order chi connectivity index (χ0) is 26.0. The third-order valence-electron chi connectivity index (χ3n) is 5.86. The number of ether oxygens (including phenoxy) is 2. The van der Waals surface area contributed by atoms with Gasteiger partial charge in [-0.3, -0.25) is 4.79 Å². The van der Waals surface area contributed by atoms with Crippen LogP contribution in [0.25, 0.3) is 10.9 Å². The summed E-state index contributed by atoms with van der Waals surface area (Å²) in [5.74, 6) is -0.0882. The second-order valence-corrected chi connectivity index (χ2v) is 9.09. The lowest BCUT2D eigenvalue weighted by molar-refractivity contribution is -0.152. The SMILES string of the molecule is Cc1cc(Oc2cccc(CNC(=O)c3[nH]c4ccc(F)cc4c3C)c2)ccc1OC(C)(C)C(=O)O. The summed E-state index contributed by atoms with van der Waals surface area (Å²) in [6, 6.07) is 16.8. The molecule has 1 heterocycles. The van der Waals surface area contributed by atoms with Crippen molar-refractivity contribution in [3.63, 3.8) is 0 Å².